The van der Waals surface area contributed by atoms with E-state index in [-0.39, 0.29) is 16.5 Å². The number of carbonyl (C=O) groups excluding carboxylic acids is 1. The standard InChI is InChI=1S/C27H19N3O4S2/c1-34-19-11-13-20(14-12-19)36(32,33)30-18-8-2-7-17(15-18)26(31)29-27-28-24-21-9-3-5-16-6-4-10-22(23(16)21)25(24)35-27/h2-15,30H,1H3,(H,28,29,31). The average molecular weight is 514 g/mol. The molecule has 4 aromatic carbocycles. The number of rotatable bonds is 6. The van der Waals surface area contributed by atoms with Crippen molar-refractivity contribution in [2.75, 3.05) is 17.1 Å². The molecule has 178 valence electrons. The second kappa shape index (κ2) is 8.47. The van der Waals surface area contributed by atoms with Gasteiger partial charge in [0, 0.05) is 22.4 Å². The van der Waals surface area contributed by atoms with Gasteiger partial charge < -0.3 is 4.74 Å². The number of hydrogen-bond donors (Lipinski definition) is 2. The third-order valence-corrected chi connectivity index (χ3v) is 8.40. The minimum atomic E-state index is -3.83. The fraction of sp³-hybridized carbons (Fsp3) is 0.0370. The SMILES string of the molecule is COc1ccc(S(=O)(=O)Nc2cccc(C(=O)Nc3nc4c(s3)-c3cccc5cccc-4c35)c2)cc1. The number of carbonyl (C=O) groups is 1. The summed E-state index contributed by atoms with van der Waals surface area (Å²) in [6.07, 6.45) is 0. The summed E-state index contributed by atoms with van der Waals surface area (Å²) < 4.78 is 33.1. The summed E-state index contributed by atoms with van der Waals surface area (Å²) in [6.45, 7) is 0. The summed E-state index contributed by atoms with van der Waals surface area (Å²) in [5, 5.41) is 5.69. The summed E-state index contributed by atoms with van der Waals surface area (Å²) >= 11 is 1.42. The van der Waals surface area contributed by atoms with Crippen molar-refractivity contribution >= 4 is 48.9 Å². The summed E-state index contributed by atoms with van der Waals surface area (Å²) in [5.74, 6) is 0.181. The first-order valence-electron chi connectivity index (χ1n) is 11.0. The van der Waals surface area contributed by atoms with E-state index >= 15 is 0 Å². The van der Waals surface area contributed by atoms with Gasteiger partial charge in [0.2, 0.25) is 0 Å². The van der Waals surface area contributed by atoms with Crippen molar-refractivity contribution in [3.8, 4) is 27.4 Å². The van der Waals surface area contributed by atoms with Crippen LogP contribution in [0.3, 0.4) is 0 Å². The van der Waals surface area contributed by atoms with Gasteiger partial charge in [0.15, 0.2) is 5.13 Å². The molecule has 1 aromatic heterocycles. The molecule has 6 rings (SSSR count). The van der Waals surface area contributed by atoms with Gasteiger partial charge in [0.1, 0.15) is 5.75 Å². The number of fused-ring (bicyclic) bond motifs is 3. The van der Waals surface area contributed by atoms with Gasteiger partial charge in [-0.25, -0.2) is 13.4 Å². The van der Waals surface area contributed by atoms with E-state index in [4.69, 9.17) is 9.72 Å². The van der Waals surface area contributed by atoms with E-state index in [1.807, 2.05) is 18.2 Å². The molecule has 0 aliphatic heterocycles. The molecule has 0 fully saturated rings. The number of anilines is 2. The number of nitrogens with one attached hydrogen (secondary N) is 2. The van der Waals surface area contributed by atoms with E-state index in [2.05, 4.69) is 28.2 Å². The molecule has 36 heavy (non-hydrogen) atoms. The van der Waals surface area contributed by atoms with Gasteiger partial charge in [-0.2, -0.15) is 0 Å². The number of aromatic nitrogens is 1. The fourth-order valence-corrected chi connectivity index (χ4v) is 6.38. The van der Waals surface area contributed by atoms with Gasteiger partial charge in [0.25, 0.3) is 15.9 Å². The lowest BCUT2D eigenvalue weighted by Crippen LogP contribution is -2.15. The van der Waals surface area contributed by atoms with Crippen LogP contribution in [0, 0.1) is 0 Å². The summed E-state index contributed by atoms with van der Waals surface area (Å²) in [7, 11) is -2.32. The molecule has 0 unspecified atom stereocenters. The summed E-state index contributed by atoms with van der Waals surface area (Å²) in [5.41, 5.74) is 3.63. The maximum absolute atomic E-state index is 13.0. The highest BCUT2D eigenvalue weighted by atomic mass is 32.2. The number of amides is 1. The monoisotopic (exact) mass is 513 g/mol. The first kappa shape index (κ1) is 22.3. The predicted octanol–water partition coefficient (Wildman–Crippen LogP) is 6.01. The van der Waals surface area contributed by atoms with E-state index in [9.17, 15) is 13.2 Å². The molecule has 0 saturated heterocycles. The van der Waals surface area contributed by atoms with Crippen molar-refractivity contribution in [3.05, 3.63) is 90.5 Å². The topological polar surface area (TPSA) is 97.4 Å². The number of ether oxygens (including phenoxy) is 1. The highest BCUT2D eigenvalue weighted by molar-refractivity contribution is 7.92. The van der Waals surface area contributed by atoms with E-state index in [0.29, 0.717) is 16.4 Å². The lowest BCUT2D eigenvalue weighted by molar-refractivity contribution is 0.102. The van der Waals surface area contributed by atoms with E-state index in [1.165, 1.54) is 42.0 Å². The van der Waals surface area contributed by atoms with Crippen LogP contribution in [0.2, 0.25) is 0 Å². The van der Waals surface area contributed by atoms with E-state index in [1.54, 1.807) is 30.3 Å². The van der Waals surface area contributed by atoms with Crippen molar-refractivity contribution in [1.82, 2.24) is 4.98 Å². The molecular weight excluding hydrogens is 494 g/mol. The molecule has 0 atom stereocenters. The lowest BCUT2D eigenvalue weighted by atomic mass is 10.0. The van der Waals surface area contributed by atoms with Crippen LogP contribution in [0.1, 0.15) is 10.4 Å². The highest BCUT2D eigenvalue weighted by Gasteiger charge is 2.26. The van der Waals surface area contributed by atoms with E-state index < -0.39 is 10.0 Å². The van der Waals surface area contributed by atoms with Gasteiger partial charge in [-0.1, -0.05) is 53.8 Å². The maximum atomic E-state index is 13.0. The number of nitrogens with zero attached hydrogens (tertiary/aromatic N) is 1. The predicted molar refractivity (Wildman–Crippen MR) is 142 cm³/mol. The molecule has 0 spiro atoms. The second-order valence-corrected chi connectivity index (χ2v) is 10.9. The molecule has 1 aliphatic rings. The summed E-state index contributed by atoms with van der Waals surface area (Å²) in [6, 6.07) is 24.7. The Hall–Kier alpha value is -4.21. The molecular formula is C27H19N3O4S2. The molecule has 9 heteroatoms. The third kappa shape index (κ3) is 3.78. The van der Waals surface area contributed by atoms with Gasteiger partial charge in [-0.05, 0) is 53.2 Å². The van der Waals surface area contributed by atoms with Crippen LogP contribution in [0.4, 0.5) is 10.8 Å². The Morgan fingerprint density at radius 2 is 1.64 bits per heavy atom. The molecule has 0 saturated carbocycles. The number of thiazole rings is 1. The lowest BCUT2D eigenvalue weighted by Gasteiger charge is -2.10. The Bertz CT molecular complexity index is 1700. The molecule has 0 bridgehead atoms. The van der Waals surface area contributed by atoms with Crippen molar-refractivity contribution in [2.24, 2.45) is 0 Å². The van der Waals surface area contributed by atoms with Crippen molar-refractivity contribution in [1.29, 1.82) is 0 Å². The number of benzene rings is 4. The number of hydrogen-bond acceptors (Lipinski definition) is 6. The first-order chi connectivity index (χ1) is 17.4. The van der Waals surface area contributed by atoms with Crippen LogP contribution < -0.4 is 14.8 Å². The Kier molecular flexibility index (Phi) is 5.24. The zero-order valence-corrected chi connectivity index (χ0v) is 20.6. The van der Waals surface area contributed by atoms with Crippen molar-refractivity contribution in [2.45, 2.75) is 4.90 Å². The quantitative estimate of drug-likeness (QED) is 0.284. The zero-order valence-electron chi connectivity index (χ0n) is 19.0. The minimum Gasteiger partial charge on any atom is -0.497 e. The molecule has 1 heterocycles. The third-order valence-electron chi connectivity index (χ3n) is 6.00. The Morgan fingerprint density at radius 1 is 0.917 bits per heavy atom. The molecule has 2 N–H and O–H groups in total. The Labute approximate surface area is 211 Å². The maximum Gasteiger partial charge on any atom is 0.261 e. The van der Waals surface area contributed by atoms with Crippen LogP contribution in [0.5, 0.6) is 5.75 Å². The van der Waals surface area contributed by atoms with Crippen molar-refractivity contribution < 1.29 is 17.9 Å². The van der Waals surface area contributed by atoms with Crippen LogP contribution >= 0.6 is 11.3 Å². The molecule has 0 radical (unpaired) electrons. The summed E-state index contributed by atoms with van der Waals surface area (Å²) in [4.78, 5) is 18.8. The normalized spacial score (nSPS) is 11.8. The van der Waals surface area contributed by atoms with Gasteiger partial charge in [0.05, 0.1) is 22.6 Å². The van der Waals surface area contributed by atoms with Crippen LogP contribution in [-0.4, -0.2) is 26.4 Å². The highest BCUT2D eigenvalue weighted by Crippen LogP contribution is 2.50. The number of methoxy groups -OCH3 is 1. The first-order valence-corrected chi connectivity index (χ1v) is 13.3. The van der Waals surface area contributed by atoms with Crippen LogP contribution in [-0.2, 0) is 10.0 Å². The molecule has 7 nitrogen and oxygen atoms in total. The average Bonchev–Trinajstić information content (AvgIpc) is 3.43. The molecule has 1 amide bonds. The molecule has 1 aliphatic carbocycles. The van der Waals surface area contributed by atoms with Crippen molar-refractivity contribution in [3.63, 3.8) is 0 Å². The van der Waals surface area contributed by atoms with Gasteiger partial charge in [-0.15, -0.1) is 0 Å². The van der Waals surface area contributed by atoms with Crippen LogP contribution in [0.25, 0.3) is 32.5 Å². The van der Waals surface area contributed by atoms with Gasteiger partial charge in [-0.3, -0.25) is 14.8 Å². The Morgan fingerprint density at radius 3 is 2.39 bits per heavy atom. The number of sulfonamides is 1. The minimum absolute atomic E-state index is 0.0887. The van der Waals surface area contributed by atoms with Gasteiger partial charge >= 0.3 is 0 Å². The van der Waals surface area contributed by atoms with E-state index in [0.717, 1.165) is 27.1 Å². The second-order valence-electron chi connectivity index (χ2n) is 8.22. The zero-order chi connectivity index (χ0) is 24.9. The fourth-order valence-electron chi connectivity index (χ4n) is 4.33. The molecule has 5 aromatic rings. The largest absolute Gasteiger partial charge is 0.497 e. The Balaban J connectivity index is 1.23. The van der Waals surface area contributed by atoms with Crippen LogP contribution in [0.15, 0.2) is 89.8 Å². The smallest absolute Gasteiger partial charge is 0.261 e.